The van der Waals surface area contributed by atoms with Crippen LogP contribution in [0.3, 0.4) is 0 Å². The van der Waals surface area contributed by atoms with Gasteiger partial charge in [0.25, 0.3) is 0 Å². The van der Waals surface area contributed by atoms with Crippen LogP contribution in [0.15, 0.2) is 223 Å². The van der Waals surface area contributed by atoms with Gasteiger partial charge in [0.2, 0.25) is 0 Å². The maximum atomic E-state index is 6.60. The largest absolute Gasteiger partial charge is 0.456 e. The molecule has 57 heavy (non-hydrogen) atoms. The van der Waals surface area contributed by atoms with Gasteiger partial charge in [0.15, 0.2) is 0 Å². The average molecular weight is 729 g/mol. The molecule has 3 nitrogen and oxygen atoms in total. The first-order valence-electron chi connectivity index (χ1n) is 19.4. The predicted octanol–water partition coefficient (Wildman–Crippen LogP) is 15.2. The lowest BCUT2D eigenvalue weighted by atomic mass is 9.90. The van der Waals surface area contributed by atoms with E-state index in [0.717, 1.165) is 66.9 Å². The van der Waals surface area contributed by atoms with Crippen LogP contribution in [0.2, 0.25) is 0 Å². The van der Waals surface area contributed by atoms with Gasteiger partial charge in [-0.05, 0) is 88.5 Å². The van der Waals surface area contributed by atoms with Crippen LogP contribution < -0.4 is 4.90 Å². The number of hydrogen-bond acceptors (Lipinski definition) is 2. The molecule has 0 saturated carbocycles. The number of nitrogens with zero attached hydrogens (tertiary/aromatic N) is 2. The van der Waals surface area contributed by atoms with E-state index in [1.54, 1.807) is 0 Å². The molecular formula is C54H36N2O. The van der Waals surface area contributed by atoms with Gasteiger partial charge in [0, 0.05) is 44.2 Å². The first-order valence-corrected chi connectivity index (χ1v) is 19.4. The summed E-state index contributed by atoms with van der Waals surface area (Å²) in [4.78, 5) is 2.42. The molecule has 0 spiro atoms. The Hall–Kier alpha value is -7.62. The van der Waals surface area contributed by atoms with Gasteiger partial charge in [-0.1, -0.05) is 158 Å². The molecule has 0 amide bonds. The van der Waals surface area contributed by atoms with Crippen LogP contribution in [-0.4, -0.2) is 4.57 Å². The van der Waals surface area contributed by atoms with Crippen molar-refractivity contribution in [3.63, 3.8) is 0 Å². The number of para-hydroxylation sites is 3. The normalized spacial score (nSPS) is 11.5. The maximum absolute atomic E-state index is 6.60. The van der Waals surface area contributed by atoms with Crippen molar-refractivity contribution in [3.05, 3.63) is 218 Å². The summed E-state index contributed by atoms with van der Waals surface area (Å²) in [7, 11) is 0. The van der Waals surface area contributed by atoms with E-state index in [4.69, 9.17) is 4.42 Å². The Morgan fingerprint density at radius 3 is 1.67 bits per heavy atom. The Bertz CT molecular complexity index is 3180. The Balaban J connectivity index is 1.21. The minimum absolute atomic E-state index is 0.858. The summed E-state index contributed by atoms with van der Waals surface area (Å²) < 4.78 is 8.99. The van der Waals surface area contributed by atoms with Crippen molar-refractivity contribution < 1.29 is 4.42 Å². The van der Waals surface area contributed by atoms with Crippen molar-refractivity contribution in [1.82, 2.24) is 4.57 Å². The van der Waals surface area contributed by atoms with Crippen LogP contribution >= 0.6 is 0 Å². The molecule has 11 aromatic rings. The second-order valence-corrected chi connectivity index (χ2v) is 14.5. The molecule has 9 aromatic carbocycles. The molecule has 0 aliphatic rings. The topological polar surface area (TPSA) is 21.3 Å². The second-order valence-electron chi connectivity index (χ2n) is 14.5. The molecule has 3 heteroatoms. The van der Waals surface area contributed by atoms with Gasteiger partial charge in [-0.3, -0.25) is 0 Å². The summed E-state index contributed by atoms with van der Waals surface area (Å²) in [5, 5.41) is 4.66. The molecular weight excluding hydrogens is 693 g/mol. The highest BCUT2D eigenvalue weighted by Gasteiger charge is 2.25. The zero-order valence-electron chi connectivity index (χ0n) is 31.1. The van der Waals surface area contributed by atoms with E-state index < -0.39 is 0 Å². The van der Waals surface area contributed by atoms with Gasteiger partial charge in [-0.15, -0.1) is 0 Å². The van der Waals surface area contributed by atoms with Crippen LogP contribution in [0.5, 0.6) is 0 Å². The summed E-state index contributed by atoms with van der Waals surface area (Å²) >= 11 is 0. The van der Waals surface area contributed by atoms with Gasteiger partial charge >= 0.3 is 0 Å². The molecule has 268 valence electrons. The zero-order chi connectivity index (χ0) is 37.7. The fourth-order valence-electron chi connectivity index (χ4n) is 8.67. The molecule has 2 aromatic heterocycles. The van der Waals surface area contributed by atoms with Crippen LogP contribution in [0, 0.1) is 0 Å². The first kappa shape index (κ1) is 32.8. The molecule has 0 N–H and O–H groups in total. The third kappa shape index (κ3) is 5.51. The van der Waals surface area contributed by atoms with E-state index in [9.17, 15) is 0 Å². The molecule has 0 radical (unpaired) electrons. The van der Waals surface area contributed by atoms with Gasteiger partial charge < -0.3 is 13.9 Å². The van der Waals surface area contributed by atoms with Crippen molar-refractivity contribution in [1.29, 1.82) is 0 Å². The van der Waals surface area contributed by atoms with Crippen molar-refractivity contribution in [2.45, 2.75) is 0 Å². The quantitative estimate of drug-likeness (QED) is 0.163. The fourth-order valence-corrected chi connectivity index (χ4v) is 8.67. The highest BCUT2D eigenvalue weighted by molar-refractivity contribution is 6.18. The third-order valence-corrected chi connectivity index (χ3v) is 11.2. The number of aromatic nitrogens is 1. The van der Waals surface area contributed by atoms with Crippen molar-refractivity contribution >= 4 is 60.8 Å². The number of anilines is 3. The van der Waals surface area contributed by atoms with Crippen molar-refractivity contribution in [3.8, 4) is 39.1 Å². The van der Waals surface area contributed by atoms with E-state index in [1.807, 2.05) is 6.07 Å². The van der Waals surface area contributed by atoms with E-state index in [-0.39, 0.29) is 0 Å². The zero-order valence-corrected chi connectivity index (χ0v) is 31.1. The standard InChI is InChI=1S/C54H36N2O/c1-3-16-37(17-4-1)38-30-32-40(33-31-38)55(41-20-15-21-42(36-41)56-48-27-12-9-23-44(48)45-24-10-13-28-49(45)56)50-34-35-52-54(47-26-11-14-29-51(47)57-52)53(50)46-25-8-7-22-43(46)39-18-5-2-6-19-39/h1-36H. The Kier molecular flexibility index (Phi) is 7.82. The first-order chi connectivity index (χ1) is 28.3. The molecule has 0 bridgehead atoms. The van der Waals surface area contributed by atoms with Crippen LogP contribution in [-0.2, 0) is 0 Å². The minimum Gasteiger partial charge on any atom is -0.456 e. The van der Waals surface area contributed by atoms with E-state index >= 15 is 0 Å². The lowest BCUT2D eigenvalue weighted by molar-refractivity contribution is 0.669. The molecule has 0 atom stereocenters. The maximum Gasteiger partial charge on any atom is 0.136 e. The third-order valence-electron chi connectivity index (χ3n) is 11.2. The van der Waals surface area contributed by atoms with Crippen LogP contribution in [0.25, 0.3) is 82.8 Å². The fraction of sp³-hybridized carbons (Fsp3) is 0. The molecule has 0 saturated heterocycles. The van der Waals surface area contributed by atoms with Crippen molar-refractivity contribution in [2.24, 2.45) is 0 Å². The highest BCUT2D eigenvalue weighted by Crippen LogP contribution is 2.49. The SMILES string of the molecule is c1ccc(-c2ccc(N(c3cccc(-n4c5ccccc5c5ccccc54)c3)c3ccc4oc5ccccc5c4c3-c3ccccc3-c3ccccc3)cc2)cc1. The second kappa shape index (κ2) is 13.6. The number of furan rings is 1. The summed E-state index contributed by atoms with van der Waals surface area (Å²) in [5.74, 6) is 0. The number of fused-ring (bicyclic) bond motifs is 6. The number of hydrogen-bond donors (Lipinski definition) is 0. The van der Waals surface area contributed by atoms with E-state index in [0.29, 0.717) is 0 Å². The van der Waals surface area contributed by atoms with Crippen LogP contribution in [0.1, 0.15) is 0 Å². The van der Waals surface area contributed by atoms with Gasteiger partial charge in [-0.2, -0.15) is 0 Å². The Morgan fingerprint density at radius 2 is 0.947 bits per heavy atom. The van der Waals surface area contributed by atoms with Gasteiger partial charge in [0.1, 0.15) is 11.2 Å². The molecule has 2 heterocycles. The molecule has 0 aliphatic carbocycles. The molecule has 0 unspecified atom stereocenters. The summed E-state index contributed by atoms with van der Waals surface area (Å²) in [5.41, 5.74) is 15.3. The lowest BCUT2D eigenvalue weighted by Gasteiger charge is -2.29. The average Bonchev–Trinajstić information content (AvgIpc) is 3.84. The monoisotopic (exact) mass is 728 g/mol. The van der Waals surface area contributed by atoms with E-state index in [1.165, 1.54) is 32.9 Å². The summed E-state index contributed by atoms with van der Waals surface area (Å²) in [6.45, 7) is 0. The molecule has 0 aliphatic heterocycles. The Morgan fingerprint density at radius 1 is 0.368 bits per heavy atom. The van der Waals surface area contributed by atoms with E-state index in [2.05, 4.69) is 222 Å². The van der Waals surface area contributed by atoms with Crippen molar-refractivity contribution in [2.75, 3.05) is 4.90 Å². The Labute approximate surface area is 330 Å². The minimum atomic E-state index is 0.858. The van der Waals surface area contributed by atoms with Gasteiger partial charge in [-0.25, -0.2) is 0 Å². The predicted molar refractivity (Wildman–Crippen MR) is 239 cm³/mol. The summed E-state index contributed by atoms with van der Waals surface area (Å²) in [6, 6.07) is 78.1. The smallest absolute Gasteiger partial charge is 0.136 e. The number of benzene rings is 9. The van der Waals surface area contributed by atoms with Crippen LogP contribution in [0.4, 0.5) is 17.1 Å². The molecule has 0 fully saturated rings. The van der Waals surface area contributed by atoms with Gasteiger partial charge in [0.05, 0.1) is 16.7 Å². The highest BCUT2D eigenvalue weighted by atomic mass is 16.3. The number of rotatable bonds is 7. The summed E-state index contributed by atoms with van der Waals surface area (Å²) in [6.07, 6.45) is 0. The lowest BCUT2D eigenvalue weighted by Crippen LogP contribution is -2.12. The molecule has 11 rings (SSSR count).